The lowest BCUT2D eigenvalue weighted by atomic mass is 9.46. The normalized spacial score (nSPS) is 42.9. The molecule has 2 nitrogen and oxygen atoms in total. The van der Waals surface area contributed by atoms with Gasteiger partial charge in [-0.1, -0.05) is 53.9 Å². The number of fused-ring (bicyclic) bond motifs is 5. The van der Waals surface area contributed by atoms with Gasteiger partial charge in [0.2, 0.25) is 0 Å². The molecule has 0 spiro atoms. The van der Waals surface area contributed by atoms with Crippen molar-refractivity contribution in [3.8, 4) is 0 Å². The third-order valence-electron chi connectivity index (χ3n) is 9.99. The zero-order valence-corrected chi connectivity index (χ0v) is 19.4. The predicted molar refractivity (Wildman–Crippen MR) is 118 cm³/mol. The Morgan fingerprint density at radius 3 is 2.48 bits per heavy atom. The molecule has 3 unspecified atom stereocenters. The largest absolute Gasteiger partial charge is 0.295 e. The minimum Gasteiger partial charge on any atom is -0.295 e. The van der Waals surface area contributed by atoms with Crippen molar-refractivity contribution >= 4 is 11.6 Å². The fraction of sp³-hybridized carbons (Fsp3) is 0.852. The number of ketones is 2. The topological polar surface area (TPSA) is 34.1 Å². The molecule has 0 N–H and O–H groups in total. The van der Waals surface area contributed by atoms with Gasteiger partial charge in [0.05, 0.1) is 0 Å². The molecule has 4 aliphatic carbocycles. The first-order chi connectivity index (χ1) is 13.7. The summed E-state index contributed by atoms with van der Waals surface area (Å²) in [7, 11) is 0. The predicted octanol–water partition coefficient (Wildman–Crippen LogP) is 6.78. The summed E-state index contributed by atoms with van der Waals surface area (Å²) >= 11 is 0. The molecular weight excluding hydrogens is 356 g/mol. The van der Waals surface area contributed by atoms with Gasteiger partial charge >= 0.3 is 0 Å². The highest BCUT2D eigenvalue weighted by Gasteiger charge is 2.60. The first-order valence-corrected chi connectivity index (χ1v) is 12.4. The number of hydrogen-bond acceptors (Lipinski definition) is 2. The van der Waals surface area contributed by atoms with E-state index in [1.54, 1.807) is 6.08 Å². The van der Waals surface area contributed by atoms with Crippen molar-refractivity contribution in [2.24, 2.45) is 46.3 Å². The molecule has 0 amide bonds. The highest BCUT2D eigenvalue weighted by Crippen LogP contribution is 2.67. The third kappa shape index (κ3) is 3.47. The average molecular weight is 399 g/mol. The molecule has 7 atom stereocenters. The summed E-state index contributed by atoms with van der Waals surface area (Å²) in [5.74, 6) is 4.76. The van der Waals surface area contributed by atoms with E-state index in [1.165, 1.54) is 44.9 Å². The van der Waals surface area contributed by atoms with Crippen LogP contribution in [0.25, 0.3) is 0 Å². The van der Waals surface area contributed by atoms with Crippen molar-refractivity contribution in [1.82, 2.24) is 0 Å². The molecule has 0 aromatic carbocycles. The van der Waals surface area contributed by atoms with Crippen molar-refractivity contribution in [2.75, 3.05) is 0 Å². The van der Waals surface area contributed by atoms with Gasteiger partial charge in [-0.2, -0.15) is 0 Å². The summed E-state index contributed by atoms with van der Waals surface area (Å²) in [5, 5.41) is 0. The molecule has 0 heterocycles. The second-order valence-corrected chi connectivity index (χ2v) is 12.0. The van der Waals surface area contributed by atoms with Gasteiger partial charge in [0, 0.05) is 18.4 Å². The van der Waals surface area contributed by atoms with E-state index in [9.17, 15) is 9.59 Å². The molecule has 162 valence electrons. The fourth-order valence-corrected chi connectivity index (χ4v) is 8.41. The van der Waals surface area contributed by atoms with Crippen LogP contribution in [0, 0.1) is 46.3 Å². The molecule has 0 bridgehead atoms. The summed E-state index contributed by atoms with van der Waals surface area (Å²) in [6.45, 7) is 12.1. The Hall–Kier alpha value is -0.920. The average Bonchev–Trinajstić information content (AvgIpc) is 3.00. The summed E-state index contributed by atoms with van der Waals surface area (Å²) < 4.78 is 0. The minimum atomic E-state index is -0.0454. The molecule has 0 aromatic rings. The van der Waals surface area contributed by atoms with Crippen molar-refractivity contribution in [3.63, 3.8) is 0 Å². The summed E-state index contributed by atoms with van der Waals surface area (Å²) in [5.41, 5.74) is 1.26. The number of rotatable bonds is 5. The Balaban J connectivity index is 1.54. The molecule has 4 aliphatic rings. The quantitative estimate of drug-likeness (QED) is 0.512. The third-order valence-corrected chi connectivity index (χ3v) is 9.99. The van der Waals surface area contributed by atoms with Gasteiger partial charge in [0.1, 0.15) is 0 Å². The second kappa shape index (κ2) is 7.65. The van der Waals surface area contributed by atoms with E-state index in [2.05, 4.69) is 34.6 Å². The van der Waals surface area contributed by atoms with Crippen LogP contribution in [0.2, 0.25) is 0 Å². The van der Waals surface area contributed by atoms with Crippen molar-refractivity contribution in [2.45, 2.75) is 98.8 Å². The first kappa shape index (κ1) is 21.3. The SMILES string of the molecule is CC(C)CCC[C@@H](C)[C@H]1CCC2C3CC(=O)C4=CC(=O)CC[C@]4(C)C3CC[C@@]21C. The Morgan fingerprint density at radius 2 is 1.76 bits per heavy atom. The Labute approximate surface area is 178 Å². The maximum Gasteiger partial charge on any atom is 0.159 e. The van der Waals surface area contributed by atoms with Crippen LogP contribution in [-0.4, -0.2) is 11.6 Å². The Morgan fingerprint density at radius 1 is 1.00 bits per heavy atom. The lowest BCUT2D eigenvalue weighted by Crippen LogP contribution is -2.53. The van der Waals surface area contributed by atoms with Gasteiger partial charge in [0.25, 0.3) is 0 Å². The van der Waals surface area contributed by atoms with Crippen molar-refractivity contribution in [1.29, 1.82) is 0 Å². The van der Waals surface area contributed by atoms with Gasteiger partial charge in [0.15, 0.2) is 11.6 Å². The summed E-state index contributed by atoms with van der Waals surface area (Å²) in [6, 6.07) is 0. The molecule has 3 saturated carbocycles. The minimum absolute atomic E-state index is 0.0454. The zero-order valence-electron chi connectivity index (χ0n) is 19.4. The Bertz CT molecular complexity index is 703. The van der Waals surface area contributed by atoms with E-state index < -0.39 is 0 Å². The summed E-state index contributed by atoms with van der Waals surface area (Å²) in [4.78, 5) is 25.1. The maximum atomic E-state index is 13.1. The number of carbonyl (C=O) groups is 2. The number of hydrogen-bond donors (Lipinski definition) is 0. The van der Waals surface area contributed by atoms with Crippen LogP contribution in [0.4, 0.5) is 0 Å². The van der Waals surface area contributed by atoms with Gasteiger partial charge in [-0.3, -0.25) is 9.59 Å². The monoisotopic (exact) mass is 398 g/mol. The molecule has 3 fully saturated rings. The molecule has 0 aliphatic heterocycles. The number of Topliss-reactive ketones (excluding diaryl/α,β-unsaturated/α-hetero) is 1. The molecule has 4 rings (SSSR count). The zero-order chi connectivity index (χ0) is 21.0. The lowest BCUT2D eigenvalue weighted by molar-refractivity contribution is -0.131. The van der Waals surface area contributed by atoms with Crippen LogP contribution in [0.15, 0.2) is 11.6 Å². The van der Waals surface area contributed by atoms with Crippen LogP contribution in [0.3, 0.4) is 0 Å². The highest BCUT2D eigenvalue weighted by atomic mass is 16.1. The standard InChI is InChI=1S/C27H42O2/c1-17(2)7-6-8-18(3)21-9-10-22-20-16-25(29)24-15-19(28)11-13-27(24,5)23(20)12-14-26(21,22)4/h15,17-18,20-23H,6-14,16H2,1-5H3/t18-,20?,21-,22?,23?,26-,27-/m1/s1. The van der Waals surface area contributed by atoms with E-state index >= 15 is 0 Å². The van der Waals surface area contributed by atoms with Crippen LogP contribution >= 0.6 is 0 Å². The van der Waals surface area contributed by atoms with E-state index in [0.29, 0.717) is 41.8 Å². The van der Waals surface area contributed by atoms with E-state index in [1.807, 2.05) is 0 Å². The highest BCUT2D eigenvalue weighted by molar-refractivity contribution is 6.05. The maximum absolute atomic E-state index is 13.1. The molecule has 2 heteroatoms. The van der Waals surface area contributed by atoms with Crippen LogP contribution in [0.1, 0.15) is 98.8 Å². The molecule has 0 radical (unpaired) electrons. The molecule has 0 aromatic heterocycles. The molecule has 29 heavy (non-hydrogen) atoms. The van der Waals surface area contributed by atoms with E-state index in [-0.39, 0.29) is 11.2 Å². The van der Waals surface area contributed by atoms with Gasteiger partial charge in [-0.25, -0.2) is 0 Å². The fourth-order valence-electron chi connectivity index (χ4n) is 8.41. The van der Waals surface area contributed by atoms with E-state index in [0.717, 1.165) is 29.7 Å². The van der Waals surface area contributed by atoms with Crippen molar-refractivity contribution < 1.29 is 9.59 Å². The Kier molecular flexibility index (Phi) is 5.62. The number of allylic oxidation sites excluding steroid dienone is 1. The molecule has 0 saturated heterocycles. The smallest absolute Gasteiger partial charge is 0.159 e. The molecular formula is C27H42O2. The lowest BCUT2D eigenvalue weighted by Gasteiger charge is -2.57. The van der Waals surface area contributed by atoms with Gasteiger partial charge < -0.3 is 0 Å². The van der Waals surface area contributed by atoms with Gasteiger partial charge in [-0.15, -0.1) is 0 Å². The van der Waals surface area contributed by atoms with Gasteiger partial charge in [-0.05, 0) is 84.5 Å². The van der Waals surface area contributed by atoms with Crippen molar-refractivity contribution in [3.05, 3.63) is 11.6 Å². The van der Waals surface area contributed by atoms with E-state index in [4.69, 9.17) is 0 Å². The van der Waals surface area contributed by atoms with Crippen LogP contribution in [-0.2, 0) is 9.59 Å². The first-order valence-electron chi connectivity index (χ1n) is 12.4. The second-order valence-electron chi connectivity index (χ2n) is 12.0. The summed E-state index contributed by atoms with van der Waals surface area (Å²) in [6.07, 6.45) is 13.3. The van der Waals surface area contributed by atoms with Crippen LogP contribution < -0.4 is 0 Å². The number of carbonyl (C=O) groups excluding carboxylic acids is 2. The van der Waals surface area contributed by atoms with Crippen LogP contribution in [0.5, 0.6) is 0 Å².